The van der Waals surface area contributed by atoms with Crippen LogP contribution in [0.1, 0.15) is 5.69 Å². The molecule has 21 heavy (non-hydrogen) atoms. The lowest BCUT2D eigenvalue weighted by molar-refractivity contribution is 0.106. The van der Waals surface area contributed by atoms with Crippen molar-refractivity contribution in [1.29, 1.82) is 0 Å². The molecule has 0 radical (unpaired) electrons. The zero-order valence-electron chi connectivity index (χ0n) is 11.2. The van der Waals surface area contributed by atoms with Crippen LogP contribution in [0.15, 0.2) is 36.8 Å². The highest BCUT2D eigenvalue weighted by molar-refractivity contribution is 6.42. The van der Waals surface area contributed by atoms with Crippen LogP contribution in [0.3, 0.4) is 0 Å². The lowest BCUT2D eigenvalue weighted by atomic mass is 10.3. The molecule has 0 saturated heterocycles. The van der Waals surface area contributed by atoms with Crippen LogP contribution in [0.25, 0.3) is 0 Å². The summed E-state index contributed by atoms with van der Waals surface area (Å²) in [6, 6.07) is 6.78. The van der Waals surface area contributed by atoms with Crippen LogP contribution in [0.4, 0.5) is 0 Å². The summed E-state index contributed by atoms with van der Waals surface area (Å²) >= 11 is 11.7. The van der Waals surface area contributed by atoms with Crippen LogP contribution >= 0.6 is 23.2 Å². The largest absolute Gasteiger partial charge is 0.491 e. The van der Waals surface area contributed by atoms with E-state index in [-0.39, 0.29) is 6.61 Å². The predicted molar refractivity (Wildman–Crippen MR) is 81.7 cm³/mol. The number of aromatic nitrogens is 2. The summed E-state index contributed by atoms with van der Waals surface area (Å²) in [5.74, 6) is 0.569. The molecule has 1 aromatic heterocycles. The van der Waals surface area contributed by atoms with Gasteiger partial charge in [0.2, 0.25) is 0 Å². The van der Waals surface area contributed by atoms with Gasteiger partial charge in [-0.25, -0.2) is 9.97 Å². The molecule has 1 atom stereocenters. The highest BCUT2D eigenvalue weighted by Crippen LogP contribution is 2.26. The fourth-order valence-corrected chi connectivity index (χ4v) is 1.90. The minimum absolute atomic E-state index is 0.161. The van der Waals surface area contributed by atoms with E-state index >= 15 is 0 Å². The van der Waals surface area contributed by atoms with Gasteiger partial charge in [0, 0.05) is 25.4 Å². The van der Waals surface area contributed by atoms with Crippen molar-refractivity contribution in [3.8, 4) is 5.75 Å². The van der Waals surface area contributed by atoms with Gasteiger partial charge in [0.25, 0.3) is 0 Å². The van der Waals surface area contributed by atoms with Crippen molar-refractivity contribution in [3.63, 3.8) is 0 Å². The van der Waals surface area contributed by atoms with Gasteiger partial charge in [-0.05, 0) is 18.2 Å². The Balaban J connectivity index is 1.69. The third-order valence-corrected chi connectivity index (χ3v) is 3.40. The summed E-state index contributed by atoms with van der Waals surface area (Å²) in [7, 11) is 0. The summed E-state index contributed by atoms with van der Waals surface area (Å²) < 4.78 is 5.45. The molecule has 2 rings (SSSR count). The number of halogens is 2. The smallest absolute Gasteiger partial charge is 0.121 e. The molecular weight excluding hydrogens is 313 g/mol. The maximum atomic E-state index is 9.83. The quantitative estimate of drug-likeness (QED) is 0.816. The Kier molecular flexibility index (Phi) is 6.20. The maximum absolute atomic E-state index is 9.83. The topological polar surface area (TPSA) is 67.3 Å². The van der Waals surface area contributed by atoms with Gasteiger partial charge in [-0.2, -0.15) is 0 Å². The molecule has 1 unspecified atom stereocenters. The number of aliphatic hydroxyl groups is 1. The van der Waals surface area contributed by atoms with E-state index in [1.54, 1.807) is 24.4 Å². The van der Waals surface area contributed by atoms with E-state index in [4.69, 9.17) is 27.9 Å². The SMILES string of the molecule is OC(CNCc1ccncn1)COc1ccc(Cl)c(Cl)c1. The van der Waals surface area contributed by atoms with E-state index < -0.39 is 6.10 Å². The molecule has 0 bridgehead atoms. The monoisotopic (exact) mass is 327 g/mol. The van der Waals surface area contributed by atoms with Crippen LogP contribution in [0, 0.1) is 0 Å². The third kappa shape index (κ3) is 5.47. The molecule has 112 valence electrons. The Morgan fingerprint density at radius 3 is 2.81 bits per heavy atom. The van der Waals surface area contributed by atoms with Gasteiger partial charge in [-0.15, -0.1) is 0 Å². The molecule has 0 aliphatic rings. The maximum Gasteiger partial charge on any atom is 0.121 e. The van der Waals surface area contributed by atoms with Gasteiger partial charge in [0.1, 0.15) is 24.8 Å². The molecule has 5 nitrogen and oxygen atoms in total. The lowest BCUT2D eigenvalue weighted by Gasteiger charge is -2.13. The first-order valence-corrected chi connectivity index (χ1v) is 7.12. The highest BCUT2D eigenvalue weighted by atomic mass is 35.5. The van der Waals surface area contributed by atoms with Crippen molar-refractivity contribution in [3.05, 3.63) is 52.5 Å². The Morgan fingerprint density at radius 2 is 2.10 bits per heavy atom. The van der Waals surface area contributed by atoms with Crippen LogP contribution < -0.4 is 10.1 Å². The molecule has 7 heteroatoms. The Labute approximate surface area is 132 Å². The number of ether oxygens (including phenoxy) is 1. The summed E-state index contributed by atoms with van der Waals surface area (Å²) in [5, 5.41) is 13.8. The Hall–Kier alpha value is -1.40. The van der Waals surface area contributed by atoms with E-state index in [1.807, 2.05) is 6.07 Å². The number of aliphatic hydroxyl groups excluding tert-OH is 1. The molecule has 0 aliphatic carbocycles. The zero-order valence-corrected chi connectivity index (χ0v) is 12.7. The fourth-order valence-electron chi connectivity index (χ4n) is 1.61. The number of rotatable bonds is 7. The van der Waals surface area contributed by atoms with Crippen molar-refractivity contribution in [2.24, 2.45) is 0 Å². The van der Waals surface area contributed by atoms with Gasteiger partial charge in [0.05, 0.1) is 15.7 Å². The third-order valence-electron chi connectivity index (χ3n) is 2.66. The molecular formula is C14H15Cl2N3O2. The van der Waals surface area contributed by atoms with Crippen molar-refractivity contribution < 1.29 is 9.84 Å². The standard InChI is InChI=1S/C14H15Cl2N3O2/c15-13-2-1-12(5-14(13)16)21-8-11(20)7-18-6-10-3-4-17-9-19-10/h1-5,9,11,18,20H,6-8H2. The first kappa shape index (κ1) is 16.0. The van der Waals surface area contributed by atoms with Crippen molar-refractivity contribution in [2.45, 2.75) is 12.6 Å². The molecule has 2 aromatic rings. The van der Waals surface area contributed by atoms with E-state index in [0.717, 1.165) is 5.69 Å². The van der Waals surface area contributed by atoms with E-state index in [2.05, 4.69) is 15.3 Å². The van der Waals surface area contributed by atoms with Gasteiger partial charge in [-0.3, -0.25) is 0 Å². The van der Waals surface area contributed by atoms with E-state index in [0.29, 0.717) is 28.9 Å². The summed E-state index contributed by atoms with van der Waals surface area (Å²) in [4.78, 5) is 7.91. The highest BCUT2D eigenvalue weighted by Gasteiger charge is 2.06. The summed E-state index contributed by atoms with van der Waals surface area (Å²) in [6.07, 6.45) is 2.52. The molecule has 1 heterocycles. The molecule has 2 N–H and O–H groups in total. The minimum atomic E-state index is -0.638. The summed E-state index contributed by atoms with van der Waals surface area (Å²) in [5.41, 5.74) is 0.864. The van der Waals surface area contributed by atoms with E-state index in [9.17, 15) is 5.11 Å². The molecule has 0 fully saturated rings. The number of hydrogen-bond donors (Lipinski definition) is 2. The van der Waals surface area contributed by atoms with Gasteiger partial charge >= 0.3 is 0 Å². The fraction of sp³-hybridized carbons (Fsp3) is 0.286. The van der Waals surface area contributed by atoms with Crippen molar-refractivity contribution >= 4 is 23.2 Å². The number of benzene rings is 1. The average molecular weight is 328 g/mol. The molecule has 0 aliphatic heterocycles. The zero-order chi connectivity index (χ0) is 15.1. The first-order chi connectivity index (χ1) is 10.1. The first-order valence-electron chi connectivity index (χ1n) is 6.36. The molecule has 0 amide bonds. The Morgan fingerprint density at radius 1 is 1.24 bits per heavy atom. The van der Waals surface area contributed by atoms with Crippen LogP contribution in [-0.2, 0) is 6.54 Å². The molecule has 1 aromatic carbocycles. The number of nitrogens with one attached hydrogen (secondary N) is 1. The lowest BCUT2D eigenvalue weighted by Crippen LogP contribution is -2.31. The van der Waals surface area contributed by atoms with Crippen molar-refractivity contribution in [2.75, 3.05) is 13.2 Å². The number of hydrogen-bond acceptors (Lipinski definition) is 5. The predicted octanol–water partition coefficient (Wildman–Crippen LogP) is 2.31. The average Bonchev–Trinajstić information content (AvgIpc) is 2.49. The van der Waals surface area contributed by atoms with Crippen molar-refractivity contribution in [1.82, 2.24) is 15.3 Å². The summed E-state index contributed by atoms with van der Waals surface area (Å²) in [6.45, 7) is 1.12. The van der Waals surface area contributed by atoms with E-state index in [1.165, 1.54) is 6.33 Å². The number of nitrogens with zero attached hydrogens (tertiary/aromatic N) is 2. The second kappa shape index (κ2) is 8.14. The van der Waals surface area contributed by atoms with Crippen LogP contribution in [0.5, 0.6) is 5.75 Å². The second-order valence-corrected chi connectivity index (χ2v) is 5.19. The molecule has 0 spiro atoms. The minimum Gasteiger partial charge on any atom is -0.491 e. The second-order valence-electron chi connectivity index (χ2n) is 4.37. The van der Waals surface area contributed by atoms with Gasteiger partial charge in [0.15, 0.2) is 0 Å². The van der Waals surface area contributed by atoms with Crippen LogP contribution in [0.2, 0.25) is 10.0 Å². The van der Waals surface area contributed by atoms with Gasteiger partial charge < -0.3 is 15.2 Å². The van der Waals surface area contributed by atoms with Gasteiger partial charge in [-0.1, -0.05) is 23.2 Å². The van der Waals surface area contributed by atoms with Crippen LogP contribution in [-0.4, -0.2) is 34.3 Å². The Bertz CT molecular complexity index is 569. The molecule has 0 saturated carbocycles. The normalized spacial score (nSPS) is 12.1.